The van der Waals surface area contributed by atoms with Gasteiger partial charge in [0.2, 0.25) is 11.4 Å². The summed E-state index contributed by atoms with van der Waals surface area (Å²) in [6.07, 6.45) is 0.714. The maximum atomic E-state index is 13.9. The number of Topliss-reactive ketones (excluding diaryl/α,β-unsaturated/α-hetero) is 1. The van der Waals surface area contributed by atoms with Gasteiger partial charge in [0.05, 0.1) is 11.1 Å². The zero-order chi connectivity index (χ0) is 26.4. The summed E-state index contributed by atoms with van der Waals surface area (Å²) in [5, 5.41) is 13.6. The Morgan fingerprint density at radius 1 is 0.737 bits per heavy atom. The smallest absolute Gasteiger partial charge is 0.220 e. The lowest BCUT2D eigenvalue weighted by atomic mass is 9.89. The van der Waals surface area contributed by atoms with Gasteiger partial charge in [-0.1, -0.05) is 72.5 Å². The van der Waals surface area contributed by atoms with Crippen molar-refractivity contribution in [1.29, 1.82) is 0 Å². The van der Waals surface area contributed by atoms with Gasteiger partial charge in [0.15, 0.2) is 12.3 Å². The molecule has 1 aliphatic heterocycles. The summed E-state index contributed by atoms with van der Waals surface area (Å²) in [5.41, 5.74) is 9.26. The van der Waals surface area contributed by atoms with Gasteiger partial charge in [0.25, 0.3) is 0 Å². The summed E-state index contributed by atoms with van der Waals surface area (Å²) >= 11 is 0. The van der Waals surface area contributed by atoms with Crippen molar-refractivity contribution >= 4 is 17.1 Å². The number of carbonyl (C=O) groups excluding carboxylic acids is 1. The van der Waals surface area contributed by atoms with E-state index in [4.69, 9.17) is 0 Å². The Morgan fingerprint density at radius 2 is 1.26 bits per heavy atom. The van der Waals surface area contributed by atoms with Crippen LogP contribution in [0.15, 0.2) is 114 Å². The average molecular weight is 500 g/mol. The molecule has 1 aliphatic carbocycles. The first-order valence-corrected chi connectivity index (χ1v) is 12.8. The Labute approximate surface area is 221 Å². The quantitative estimate of drug-likeness (QED) is 0.176. The van der Waals surface area contributed by atoms with Crippen molar-refractivity contribution in [3.63, 3.8) is 0 Å². The Hall–Kier alpha value is -4.57. The third-order valence-corrected chi connectivity index (χ3v) is 7.39. The molecule has 6 rings (SSSR count). The Bertz CT molecular complexity index is 1660. The molecule has 0 spiro atoms. The first-order chi connectivity index (χ1) is 18.5. The van der Waals surface area contributed by atoms with Gasteiger partial charge in [0.1, 0.15) is 5.82 Å². The van der Waals surface area contributed by atoms with Gasteiger partial charge in [-0.3, -0.25) is 4.79 Å². The maximum absolute atomic E-state index is 13.9. The molecule has 0 aromatic heterocycles. The van der Waals surface area contributed by atoms with Crippen LogP contribution in [0, 0.1) is 5.82 Å². The lowest BCUT2D eigenvalue weighted by Gasteiger charge is -2.24. The highest BCUT2D eigenvalue weighted by Gasteiger charge is 2.36. The van der Waals surface area contributed by atoms with Crippen LogP contribution in [-0.4, -0.2) is 22.6 Å². The molecule has 0 bridgehead atoms. The number of halogens is 1. The zero-order valence-electron chi connectivity index (χ0n) is 21.3. The van der Waals surface area contributed by atoms with E-state index in [1.807, 2.05) is 59.2 Å². The molecule has 2 aliphatic rings. The van der Waals surface area contributed by atoms with Gasteiger partial charge in [-0.25, -0.2) is 4.39 Å². The number of allylic oxidation sites excluding steroid dienone is 2. The van der Waals surface area contributed by atoms with Gasteiger partial charge in [-0.2, -0.15) is 4.58 Å². The summed E-state index contributed by atoms with van der Waals surface area (Å²) in [7, 11) is 0. The van der Waals surface area contributed by atoms with Gasteiger partial charge in [-0.05, 0) is 72.0 Å². The van der Waals surface area contributed by atoms with Crippen LogP contribution in [0.2, 0.25) is 0 Å². The second kappa shape index (κ2) is 9.38. The fraction of sp³-hybridized carbons (Fsp3) is 0.118. The van der Waals surface area contributed by atoms with Crippen LogP contribution in [0.3, 0.4) is 0 Å². The molecule has 3 nitrogen and oxygen atoms in total. The highest BCUT2D eigenvalue weighted by Crippen LogP contribution is 2.47. The fourth-order valence-electron chi connectivity index (χ4n) is 5.85. The molecule has 0 radical (unpaired) electrons. The SMILES string of the molecule is CC(=O)C(=C1c2ccccc2-c2ccccc21)/C(=C(/C)[O-])[N+]1=C(c2ccc(F)cc2)c2ccccc2CC1. The minimum Gasteiger partial charge on any atom is -0.871 e. The number of rotatable bonds is 4. The summed E-state index contributed by atoms with van der Waals surface area (Å²) in [4.78, 5) is 13.6. The van der Waals surface area contributed by atoms with E-state index in [0.29, 0.717) is 24.2 Å². The molecule has 0 saturated heterocycles. The maximum Gasteiger partial charge on any atom is 0.220 e. The normalized spacial score (nSPS) is 14.4. The van der Waals surface area contributed by atoms with Gasteiger partial charge in [-0.15, -0.1) is 0 Å². The van der Waals surface area contributed by atoms with Crippen molar-refractivity contribution in [3.8, 4) is 11.1 Å². The van der Waals surface area contributed by atoms with E-state index in [0.717, 1.165) is 50.2 Å². The molecular weight excluding hydrogens is 473 g/mol. The average Bonchev–Trinajstić information content (AvgIpc) is 3.25. The summed E-state index contributed by atoms with van der Waals surface area (Å²) < 4.78 is 15.9. The molecule has 0 amide bonds. The predicted octanol–water partition coefficient (Wildman–Crippen LogP) is 5.90. The van der Waals surface area contributed by atoms with Gasteiger partial charge in [0, 0.05) is 17.6 Å². The Kier molecular flexibility index (Phi) is 5.88. The Balaban J connectivity index is 1.72. The van der Waals surface area contributed by atoms with Crippen molar-refractivity contribution in [1.82, 2.24) is 0 Å². The van der Waals surface area contributed by atoms with E-state index in [1.54, 1.807) is 12.1 Å². The number of fused-ring (bicyclic) bond motifs is 4. The molecule has 0 atom stereocenters. The summed E-state index contributed by atoms with van der Waals surface area (Å²) in [5.74, 6) is -0.691. The van der Waals surface area contributed by atoms with E-state index < -0.39 is 0 Å². The van der Waals surface area contributed by atoms with E-state index in [9.17, 15) is 14.3 Å². The zero-order valence-corrected chi connectivity index (χ0v) is 21.3. The van der Waals surface area contributed by atoms with E-state index in [1.165, 1.54) is 26.0 Å². The molecule has 0 N–H and O–H groups in total. The number of ketones is 1. The highest BCUT2D eigenvalue weighted by atomic mass is 19.1. The van der Waals surface area contributed by atoms with Crippen molar-refractivity contribution < 1.29 is 18.9 Å². The monoisotopic (exact) mass is 499 g/mol. The first-order valence-electron chi connectivity index (χ1n) is 12.8. The molecular formula is C34H26FNO2. The van der Waals surface area contributed by atoms with E-state index >= 15 is 0 Å². The van der Waals surface area contributed by atoms with Gasteiger partial charge < -0.3 is 5.11 Å². The summed E-state index contributed by atoms with van der Waals surface area (Å²) in [6, 6.07) is 30.4. The number of benzene rings is 4. The minimum atomic E-state index is -0.327. The number of nitrogens with zero attached hydrogens (tertiary/aromatic N) is 1. The first kappa shape index (κ1) is 23.8. The molecule has 186 valence electrons. The largest absolute Gasteiger partial charge is 0.871 e. The van der Waals surface area contributed by atoms with Crippen LogP contribution in [0.1, 0.15) is 41.7 Å². The molecule has 1 heterocycles. The summed E-state index contributed by atoms with van der Waals surface area (Å²) in [6.45, 7) is 3.57. The van der Waals surface area contributed by atoms with Crippen molar-refractivity contribution in [2.24, 2.45) is 0 Å². The molecule has 0 unspecified atom stereocenters. The molecule has 4 aromatic rings. The molecule has 38 heavy (non-hydrogen) atoms. The number of hydrogen-bond acceptors (Lipinski definition) is 2. The predicted molar refractivity (Wildman–Crippen MR) is 146 cm³/mol. The van der Waals surface area contributed by atoms with Crippen LogP contribution in [0.25, 0.3) is 16.7 Å². The molecule has 4 heteroatoms. The van der Waals surface area contributed by atoms with Crippen LogP contribution >= 0.6 is 0 Å². The molecule has 0 fully saturated rings. The van der Waals surface area contributed by atoms with Crippen LogP contribution < -0.4 is 5.11 Å². The van der Waals surface area contributed by atoms with Crippen molar-refractivity contribution in [3.05, 3.63) is 148 Å². The highest BCUT2D eigenvalue weighted by molar-refractivity contribution is 6.15. The van der Waals surface area contributed by atoms with Crippen molar-refractivity contribution in [2.75, 3.05) is 6.54 Å². The second-order valence-corrected chi connectivity index (χ2v) is 9.72. The van der Waals surface area contributed by atoms with Crippen molar-refractivity contribution in [2.45, 2.75) is 20.3 Å². The van der Waals surface area contributed by atoms with Crippen LogP contribution in [0.4, 0.5) is 4.39 Å². The fourth-order valence-corrected chi connectivity index (χ4v) is 5.85. The third-order valence-electron chi connectivity index (χ3n) is 7.39. The standard InChI is InChI=1S/C34H26FNO2/c1-21(37)31(32-29-13-7-5-11-27(29)28-12-6-8-14-30(28)32)33(22(2)38)36-20-19-23-9-3-4-10-26(23)34(36)24-15-17-25(35)18-16-24/h3-18H,19-20H2,1-2H3/b33-22+. The number of hydrogen-bond donors (Lipinski definition) is 0. The van der Waals surface area contributed by atoms with Crippen LogP contribution in [-0.2, 0) is 11.2 Å². The minimum absolute atomic E-state index is 0.172. The topological polar surface area (TPSA) is 43.1 Å². The number of carbonyl (C=O) groups is 1. The molecule has 4 aromatic carbocycles. The second-order valence-electron chi connectivity index (χ2n) is 9.72. The lowest BCUT2D eigenvalue weighted by Crippen LogP contribution is -2.34. The van der Waals surface area contributed by atoms with E-state index in [2.05, 4.69) is 18.2 Å². The third kappa shape index (κ3) is 3.81. The van der Waals surface area contributed by atoms with E-state index in [-0.39, 0.29) is 17.4 Å². The Morgan fingerprint density at radius 3 is 1.82 bits per heavy atom. The lowest BCUT2D eigenvalue weighted by molar-refractivity contribution is -0.484. The molecule has 0 saturated carbocycles. The van der Waals surface area contributed by atoms with Crippen LogP contribution in [0.5, 0.6) is 0 Å². The van der Waals surface area contributed by atoms with Gasteiger partial charge >= 0.3 is 0 Å².